The number of nitro groups is 4. The molecule has 0 amide bonds. The lowest BCUT2D eigenvalue weighted by Crippen LogP contribution is -2.29. The molecule has 39 nitrogen and oxygen atoms in total. The maximum absolute atomic E-state index is 11.4. The molecule has 4 aromatic carbocycles. The Labute approximate surface area is 667 Å². The highest BCUT2D eigenvalue weighted by Gasteiger charge is 2.28. The van der Waals surface area contributed by atoms with Gasteiger partial charge in [-0.2, -0.15) is 19.9 Å². The standard InChI is InChI=1S/C21H25N7O2.C19H24N6O4.C19H26N6O4.C18H24N6O4/c22-16-7-5-14(6-8-16)11-24-20-19(28(29)30)13-26-21(27-20)25-12-15-9-10-23-18-4-2-1-3-17(15)18;20-14-4-1-12(2-5-14)8-21-18-15(25(26)27)10-23-19(24-18)22-9-13-3-6-16-17(7-13)29-11-28-16;1-29-17-8-13(4-7-16(17)26)10-22-19-23-11-15(25(27)28)18(24-19)21-9-12-2-5-14(20)6-3-12;19-13-4-1-11(2-5-13)8-20-17-14(24(27)28)10-22-18(23-17)21-9-12-3-6-15(25)16(26)7-12/h1-4,9-10,13-14,16H,5-8,11-12,22H2,(H2,24,25,26,27);3,6-7,10,12,14H,1-2,4-5,8-9,11,20H2,(H2,21,22,23,24);4,7-8,11-12,14,26H,2-3,5-6,9-10,20H2,1H3,(H2,21,22,23,24);3,6-7,10-11,13,25-26H,1-2,4-5,8-9,19H2,(H2,20,21,22,23). The maximum Gasteiger partial charge on any atom is 0.329 e. The van der Waals surface area contributed by atoms with Gasteiger partial charge in [-0.05, 0) is 197 Å². The van der Waals surface area contributed by atoms with Crippen LogP contribution < -0.4 is 79.7 Å². The summed E-state index contributed by atoms with van der Waals surface area (Å²) in [5, 5.41) is 99.7. The fourth-order valence-electron chi connectivity index (χ4n) is 14.0. The third-order valence-electron chi connectivity index (χ3n) is 20.9. The summed E-state index contributed by atoms with van der Waals surface area (Å²) in [6.45, 7) is 4.29. The zero-order valence-corrected chi connectivity index (χ0v) is 64.2. The highest BCUT2D eigenvalue weighted by Crippen LogP contribution is 2.36. The van der Waals surface area contributed by atoms with Crippen LogP contribution in [-0.2, 0) is 26.2 Å². The number of anilines is 8. The molecule has 5 aliphatic rings. The van der Waals surface area contributed by atoms with Gasteiger partial charge in [0.15, 0.2) is 34.5 Å². The van der Waals surface area contributed by atoms with E-state index in [1.165, 1.54) is 50.1 Å². The summed E-state index contributed by atoms with van der Waals surface area (Å²) in [5.41, 5.74) is 27.6. The number of nitrogens with two attached hydrogens (primary N) is 4. The third kappa shape index (κ3) is 24.6. The number of methoxy groups -OCH3 is 1. The zero-order chi connectivity index (χ0) is 82.0. The second-order valence-electron chi connectivity index (χ2n) is 29.3. The Kier molecular flexibility index (Phi) is 30.0. The monoisotopic (exact) mass is 1600 g/mol. The minimum absolute atomic E-state index is 0.0537. The number of aromatic nitrogens is 9. The molecule has 14 rings (SSSR count). The van der Waals surface area contributed by atoms with Gasteiger partial charge in [0.1, 0.15) is 24.8 Å². The number of pyridine rings is 1. The van der Waals surface area contributed by atoms with Gasteiger partial charge in [-0.25, -0.2) is 19.9 Å². The van der Waals surface area contributed by atoms with Crippen LogP contribution in [0.3, 0.4) is 0 Å². The Morgan fingerprint density at radius 2 is 0.759 bits per heavy atom. The fourth-order valence-corrected chi connectivity index (χ4v) is 14.0. The Balaban J connectivity index is 0.000000152. The van der Waals surface area contributed by atoms with Crippen LogP contribution >= 0.6 is 0 Å². The second-order valence-corrected chi connectivity index (χ2v) is 29.3. The first-order chi connectivity index (χ1) is 56.1. The van der Waals surface area contributed by atoms with E-state index in [9.17, 15) is 55.8 Å². The molecule has 0 atom stereocenters. The van der Waals surface area contributed by atoms with Crippen molar-refractivity contribution < 1.29 is 49.2 Å². The molecule has 0 bridgehead atoms. The van der Waals surface area contributed by atoms with Gasteiger partial charge in [0.05, 0.1) is 32.3 Å². The molecule has 0 radical (unpaired) electrons. The molecule has 0 spiro atoms. The van der Waals surface area contributed by atoms with Crippen molar-refractivity contribution in [1.29, 1.82) is 0 Å². The number of para-hydroxylation sites is 1. The van der Waals surface area contributed by atoms with E-state index in [0.29, 0.717) is 98.4 Å². The molecule has 1 aliphatic heterocycles. The summed E-state index contributed by atoms with van der Waals surface area (Å²) in [6, 6.07) is 25.9. The average molecular weight is 1600 g/mol. The molecule has 0 saturated heterocycles. The second kappa shape index (κ2) is 41.3. The first kappa shape index (κ1) is 84.2. The SMILES string of the molecule is COc1cc(CNc2ncc([N+](=O)[O-])c(NCC3CCC(N)CC3)n2)ccc1O.NC1CCC(CNc2nc(NCc3ccc(O)c(O)c3)ncc2[N+](=O)[O-])CC1.NC1CCC(CNc2nc(NCc3ccc4c(c3)OCO4)ncc2[N+](=O)[O-])CC1.NC1CCC(CNc2nc(NCc3ccnc4ccccc34)ncc2[N+](=O)[O-])CC1. The lowest BCUT2D eigenvalue weighted by atomic mass is 9.86. The van der Waals surface area contributed by atoms with Gasteiger partial charge >= 0.3 is 22.7 Å². The topological polar surface area (TPSA) is 577 Å². The van der Waals surface area contributed by atoms with E-state index in [1.807, 2.05) is 48.5 Å². The van der Waals surface area contributed by atoms with Gasteiger partial charge in [-0.3, -0.25) is 45.4 Å². The van der Waals surface area contributed by atoms with Crippen LogP contribution in [0.4, 0.5) is 69.8 Å². The third-order valence-corrected chi connectivity index (χ3v) is 20.9. The van der Waals surface area contributed by atoms with Crippen LogP contribution in [0.5, 0.6) is 34.5 Å². The molecule has 9 aromatic rings. The molecular weight excluding hydrogens is 1500 g/mol. The molecular formula is C77H99N25O14. The largest absolute Gasteiger partial charge is 0.504 e. The Morgan fingerprint density at radius 3 is 1.15 bits per heavy atom. The van der Waals surface area contributed by atoms with Crippen molar-refractivity contribution in [2.24, 2.45) is 46.6 Å². The molecule has 39 heteroatoms. The number of phenolic OH excluding ortho intramolecular Hbond substituents is 3. The van der Waals surface area contributed by atoms with Crippen molar-refractivity contribution in [3.63, 3.8) is 0 Å². The average Bonchev–Trinajstić information content (AvgIpc) is 1.70. The lowest BCUT2D eigenvalue weighted by Gasteiger charge is -2.26. The van der Waals surface area contributed by atoms with Crippen molar-refractivity contribution in [2.75, 3.05) is 82.6 Å². The van der Waals surface area contributed by atoms with E-state index in [0.717, 1.165) is 136 Å². The predicted molar refractivity (Wildman–Crippen MR) is 436 cm³/mol. The zero-order valence-electron chi connectivity index (χ0n) is 64.2. The van der Waals surface area contributed by atoms with Crippen LogP contribution in [0.15, 0.2) is 116 Å². The maximum atomic E-state index is 11.4. The first-order valence-corrected chi connectivity index (χ1v) is 38.6. The minimum atomic E-state index is -0.513. The molecule has 4 aliphatic carbocycles. The van der Waals surface area contributed by atoms with E-state index in [-0.39, 0.29) is 113 Å². The summed E-state index contributed by atoms with van der Waals surface area (Å²) in [7, 11) is 1.48. The van der Waals surface area contributed by atoms with Crippen molar-refractivity contribution >= 4 is 80.7 Å². The summed E-state index contributed by atoms with van der Waals surface area (Å²) in [4.78, 5) is 81.2. The van der Waals surface area contributed by atoms with Gasteiger partial charge in [-0.15, -0.1) is 0 Å². The molecule has 616 valence electrons. The van der Waals surface area contributed by atoms with Gasteiger partial charge in [0, 0.05) is 88.1 Å². The van der Waals surface area contributed by atoms with Crippen LogP contribution in [-0.4, -0.2) is 144 Å². The number of phenols is 3. The summed E-state index contributed by atoms with van der Waals surface area (Å²) in [6.07, 6.45) is 22.5. The lowest BCUT2D eigenvalue weighted by molar-refractivity contribution is -0.384. The Morgan fingerprint density at radius 1 is 0.405 bits per heavy atom. The number of fused-ring (bicyclic) bond motifs is 2. The number of aromatic hydroxyl groups is 3. The van der Waals surface area contributed by atoms with Crippen molar-refractivity contribution in [3.05, 3.63) is 179 Å². The van der Waals surface area contributed by atoms with Crippen molar-refractivity contribution in [2.45, 2.75) is 153 Å². The number of nitrogens with zero attached hydrogens (tertiary/aromatic N) is 13. The summed E-state index contributed by atoms with van der Waals surface area (Å²) < 4.78 is 15.8. The normalized spacial score (nSPS) is 19.3. The van der Waals surface area contributed by atoms with E-state index >= 15 is 0 Å². The molecule has 4 saturated carbocycles. The summed E-state index contributed by atoms with van der Waals surface area (Å²) >= 11 is 0. The molecule has 116 heavy (non-hydrogen) atoms. The van der Waals surface area contributed by atoms with Crippen LogP contribution in [0, 0.1) is 64.1 Å². The predicted octanol–water partition coefficient (Wildman–Crippen LogP) is 11.1. The molecule has 5 aromatic heterocycles. The number of benzene rings is 4. The smallest absolute Gasteiger partial charge is 0.329 e. The van der Waals surface area contributed by atoms with Gasteiger partial charge in [0.25, 0.3) is 0 Å². The number of hydrogen-bond donors (Lipinski definition) is 15. The number of hydrogen-bond acceptors (Lipinski definition) is 35. The number of ether oxygens (including phenoxy) is 3. The van der Waals surface area contributed by atoms with E-state index < -0.39 is 19.7 Å². The summed E-state index contributed by atoms with van der Waals surface area (Å²) in [5.74, 6) is 5.13. The fraction of sp³-hybridized carbons (Fsp3) is 0.442. The highest BCUT2D eigenvalue weighted by atomic mass is 16.7. The molecule has 6 heterocycles. The Bertz CT molecular complexity index is 4690. The number of rotatable bonds is 29. The van der Waals surface area contributed by atoms with E-state index in [4.69, 9.17) is 37.1 Å². The minimum Gasteiger partial charge on any atom is -0.504 e. The van der Waals surface area contributed by atoms with Crippen molar-refractivity contribution in [1.82, 2.24) is 44.9 Å². The highest BCUT2D eigenvalue weighted by molar-refractivity contribution is 5.82. The quantitative estimate of drug-likeness (QED) is 0.0118. The van der Waals surface area contributed by atoms with Crippen molar-refractivity contribution in [3.8, 4) is 34.5 Å². The van der Waals surface area contributed by atoms with Crippen LogP contribution in [0.2, 0.25) is 0 Å². The molecule has 4 fully saturated rings. The van der Waals surface area contributed by atoms with Gasteiger partial charge in [-0.1, -0.05) is 36.4 Å². The molecule has 0 unspecified atom stereocenters. The molecule has 19 N–H and O–H groups in total. The first-order valence-electron chi connectivity index (χ1n) is 38.6. The van der Waals surface area contributed by atoms with Crippen LogP contribution in [0.1, 0.15) is 125 Å². The Hall–Kier alpha value is -12.8. The van der Waals surface area contributed by atoms with Gasteiger partial charge < -0.3 is 95.0 Å². The van der Waals surface area contributed by atoms with E-state index in [2.05, 4.69) is 87.4 Å². The number of nitrogens with one attached hydrogen (secondary N) is 8. The van der Waals surface area contributed by atoms with Gasteiger partial charge in [0.2, 0.25) is 53.9 Å². The van der Waals surface area contributed by atoms with Crippen LogP contribution in [0.25, 0.3) is 10.9 Å². The van der Waals surface area contributed by atoms with E-state index in [1.54, 1.807) is 24.4 Å².